The minimum absolute atomic E-state index is 0.128. The van der Waals surface area contributed by atoms with Crippen LogP contribution in [0.25, 0.3) is 0 Å². The molecule has 0 saturated carbocycles. The van der Waals surface area contributed by atoms with Crippen LogP contribution in [-0.4, -0.2) is 64.2 Å². The van der Waals surface area contributed by atoms with Gasteiger partial charge in [0.2, 0.25) is 0 Å². The molecule has 1 N–H and O–H groups in total. The molecule has 0 aliphatic carbocycles. The second kappa shape index (κ2) is 6.72. The third-order valence-electron chi connectivity index (χ3n) is 4.67. The number of ether oxygens (including phenoxy) is 1. The van der Waals surface area contributed by atoms with Gasteiger partial charge in [0.1, 0.15) is 5.60 Å². The van der Waals surface area contributed by atoms with Crippen LogP contribution in [0.3, 0.4) is 0 Å². The monoisotopic (exact) mass is 360 g/mol. The molecule has 2 aliphatic heterocycles. The zero-order chi connectivity index (χ0) is 19.1. The Morgan fingerprint density at radius 3 is 2.27 bits per heavy atom. The molecular formula is C19H24N2O5. The molecule has 1 saturated heterocycles. The van der Waals surface area contributed by atoms with E-state index in [2.05, 4.69) is 0 Å². The van der Waals surface area contributed by atoms with Crippen molar-refractivity contribution in [1.29, 1.82) is 0 Å². The van der Waals surface area contributed by atoms with E-state index in [0.717, 1.165) is 0 Å². The van der Waals surface area contributed by atoms with E-state index in [1.165, 1.54) is 9.80 Å². The van der Waals surface area contributed by atoms with Crippen LogP contribution in [-0.2, 0) is 4.74 Å². The maximum Gasteiger partial charge on any atom is 0.410 e. The number of nitrogens with zero attached hydrogens (tertiary/aromatic N) is 2. The smallest absolute Gasteiger partial charge is 0.410 e. The van der Waals surface area contributed by atoms with Crippen LogP contribution in [0.4, 0.5) is 4.79 Å². The zero-order valence-electron chi connectivity index (χ0n) is 15.3. The van der Waals surface area contributed by atoms with Gasteiger partial charge in [0.25, 0.3) is 11.8 Å². The first kappa shape index (κ1) is 18.4. The van der Waals surface area contributed by atoms with Gasteiger partial charge in [0, 0.05) is 19.0 Å². The van der Waals surface area contributed by atoms with Gasteiger partial charge in [0.05, 0.1) is 23.8 Å². The molecule has 7 heteroatoms. The Morgan fingerprint density at radius 1 is 1.19 bits per heavy atom. The molecule has 1 aromatic carbocycles. The second-order valence-corrected chi connectivity index (χ2v) is 7.81. The van der Waals surface area contributed by atoms with Gasteiger partial charge in [-0.15, -0.1) is 0 Å². The number of imide groups is 1. The van der Waals surface area contributed by atoms with Crippen LogP contribution in [0.5, 0.6) is 0 Å². The van der Waals surface area contributed by atoms with Gasteiger partial charge in [-0.1, -0.05) is 12.1 Å². The molecule has 0 bridgehead atoms. The molecule has 2 aliphatic rings. The maximum atomic E-state index is 12.5. The fourth-order valence-electron chi connectivity index (χ4n) is 3.32. The Balaban J connectivity index is 1.62. The van der Waals surface area contributed by atoms with Gasteiger partial charge < -0.3 is 14.7 Å². The number of piperidine rings is 1. The van der Waals surface area contributed by atoms with E-state index in [-0.39, 0.29) is 30.8 Å². The van der Waals surface area contributed by atoms with E-state index in [9.17, 15) is 19.5 Å². The van der Waals surface area contributed by atoms with Crippen LogP contribution in [0.15, 0.2) is 24.3 Å². The third-order valence-corrected chi connectivity index (χ3v) is 4.67. The molecular weight excluding hydrogens is 336 g/mol. The number of carbonyl (C=O) groups is 3. The number of aliphatic hydroxyl groups is 1. The normalized spacial score (nSPS) is 23.2. The van der Waals surface area contributed by atoms with Crippen LogP contribution in [0.1, 0.15) is 47.9 Å². The van der Waals surface area contributed by atoms with Gasteiger partial charge in [0.15, 0.2) is 0 Å². The number of aliphatic hydroxyl groups excluding tert-OH is 1. The predicted octanol–water partition coefficient (Wildman–Crippen LogP) is 1.90. The summed E-state index contributed by atoms with van der Waals surface area (Å²) in [7, 11) is 0. The summed E-state index contributed by atoms with van der Waals surface area (Å²) in [6.45, 7) is 6.06. The lowest BCUT2D eigenvalue weighted by molar-refractivity contribution is -0.0170. The van der Waals surface area contributed by atoms with Crippen molar-refractivity contribution in [1.82, 2.24) is 9.80 Å². The molecule has 1 aromatic rings. The number of amides is 3. The largest absolute Gasteiger partial charge is 0.444 e. The van der Waals surface area contributed by atoms with Crippen molar-refractivity contribution in [2.24, 2.45) is 5.92 Å². The van der Waals surface area contributed by atoms with Crippen molar-refractivity contribution in [3.63, 3.8) is 0 Å². The minimum Gasteiger partial charge on any atom is -0.444 e. The van der Waals surface area contributed by atoms with Gasteiger partial charge >= 0.3 is 6.09 Å². The highest BCUT2D eigenvalue weighted by Crippen LogP contribution is 2.27. The Bertz CT molecular complexity index is 705. The lowest BCUT2D eigenvalue weighted by Gasteiger charge is -2.37. The van der Waals surface area contributed by atoms with E-state index in [0.29, 0.717) is 24.1 Å². The number of rotatable bonds is 2. The first-order valence-electron chi connectivity index (χ1n) is 8.78. The molecule has 3 amide bonds. The van der Waals surface area contributed by atoms with Gasteiger partial charge in [-0.3, -0.25) is 14.5 Å². The van der Waals surface area contributed by atoms with Crippen molar-refractivity contribution < 1.29 is 24.2 Å². The van der Waals surface area contributed by atoms with Crippen LogP contribution in [0.2, 0.25) is 0 Å². The third kappa shape index (κ3) is 3.58. The quantitative estimate of drug-likeness (QED) is 0.814. The second-order valence-electron chi connectivity index (χ2n) is 7.81. The highest BCUT2D eigenvalue weighted by Gasteiger charge is 2.40. The highest BCUT2D eigenvalue weighted by molar-refractivity contribution is 6.21. The SMILES string of the molecule is CC(C)(C)OC(=O)N1CC[C@@H](CN2C(=O)c3ccccc3C2=O)[C@@H](O)C1. The van der Waals surface area contributed by atoms with E-state index in [4.69, 9.17) is 4.74 Å². The molecule has 7 nitrogen and oxygen atoms in total. The maximum absolute atomic E-state index is 12.5. The number of likely N-dealkylation sites (tertiary alicyclic amines) is 1. The summed E-state index contributed by atoms with van der Waals surface area (Å²) in [6.07, 6.45) is -0.787. The Labute approximate surface area is 152 Å². The topological polar surface area (TPSA) is 87.2 Å². The average Bonchev–Trinajstić information content (AvgIpc) is 2.80. The predicted molar refractivity (Wildman–Crippen MR) is 93.7 cm³/mol. The molecule has 3 rings (SSSR count). The standard InChI is InChI=1S/C19H24N2O5/c1-19(2,3)26-18(25)20-9-8-12(15(22)11-20)10-21-16(23)13-6-4-5-7-14(13)17(21)24/h4-7,12,15,22H,8-11H2,1-3H3/t12-,15-/m0/s1. The molecule has 26 heavy (non-hydrogen) atoms. The summed E-state index contributed by atoms with van der Waals surface area (Å²) in [6, 6.07) is 6.72. The zero-order valence-corrected chi connectivity index (χ0v) is 15.3. The van der Waals surface area contributed by atoms with Crippen molar-refractivity contribution in [2.45, 2.75) is 38.9 Å². The molecule has 0 radical (unpaired) electrons. The van der Waals surface area contributed by atoms with Crippen molar-refractivity contribution in [3.8, 4) is 0 Å². The van der Waals surface area contributed by atoms with E-state index < -0.39 is 17.8 Å². The number of fused-ring (bicyclic) bond motifs is 1. The Hall–Kier alpha value is -2.41. The number of β-amino-alcohol motifs (C(OH)–C–C–N with tert-alkyl or cyclic N) is 1. The number of hydrogen-bond acceptors (Lipinski definition) is 5. The summed E-state index contributed by atoms with van der Waals surface area (Å²) in [5, 5.41) is 10.4. The van der Waals surface area contributed by atoms with Gasteiger partial charge in [-0.25, -0.2) is 4.79 Å². The molecule has 0 unspecified atom stereocenters. The summed E-state index contributed by atoms with van der Waals surface area (Å²) in [5.74, 6) is -0.921. The molecule has 0 aromatic heterocycles. The fourth-order valence-corrected chi connectivity index (χ4v) is 3.32. The van der Waals surface area contributed by atoms with Crippen LogP contribution >= 0.6 is 0 Å². The van der Waals surface area contributed by atoms with Crippen LogP contribution in [0, 0.1) is 5.92 Å². The molecule has 2 atom stereocenters. The molecule has 1 fully saturated rings. The summed E-state index contributed by atoms with van der Waals surface area (Å²) in [5.41, 5.74) is 0.204. The van der Waals surface area contributed by atoms with Gasteiger partial charge in [-0.05, 0) is 39.3 Å². The minimum atomic E-state index is -0.819. The summed E-state index contributed by atoms with van der Waals surface area (Å²) >= 11 is 0. The number of benzene rings is 1. The van der Waals surface area contributed by atoms with Crippen molar-refractivity contribution in [2.75, 3.05) is 19.6 Å². The van der Waals surface area contributed by atoms with Crippen LogP contribution < -0.4 is 0 Å². The van der Waals surface area contributed by atoms with Crippen molar-refractivity contribution >= 4 is 17.9 Å². The molecule has 2 heterocycles. The van der Waals surface area contributed by atoms with Crippen molar-refractivity contribution in [3.05, 3.63) is 35.4 Å². The fraction of sp³-hybridized carbons (Fsp3) is 0.526. The Kier molecular flexibility index (Phi) is 4.75. The first-order valence-corrected chi connectivity index (χ1v) is 8.78. The number of carbonyl (C=O) groups excluding carboxylic acids is 3. The summed E-state index contributed by atoms with van der Waals surface area (Å²) < 4.78 is 5.33. The number of hydrogen-bond donors (Lipinski definition) is 1. The Morgan fingerprint density at radius 2 is 1.77 bits per heavy atom. The lowest BCUT2D eigenvalue weighted by Crippen LogP contribution is -2.51. The first-order chi connectivity index (χ1) is 12.2. The molecule has 140 valence electrons. The average molecular weight is 360 g/mol. The lowest BCUT2D eigenvalue weighted by atomic mass is 9.93. The van der Waals surface area contributed by atoms with E-state index in [1.54, 1.807) is 45.0 Å². The van der Waals surface area contributed by atoms with E-state index in [1.807, 2.05) is 0 Å². The van der Waals surface area contributed by atoms with Gasteiger partial charge in [-0.2, -0.15) is 0 Å². The molecule has 0 spiro atoms. The summed E-state index contributed by atoms with van der Waals surface area (Å²) in [4.78, 5) is 39.7. The highest BCUT2D eigenvalue weighted by atomic mass is 16.6. The van der Waals surface area contributed by atoms with E-state index >= 15 is 0 Å².